The lowest BCUT2D eigenvalue weighted by Gasteiger charge is -2.13. The summed E-state index contributed by atoms with van der Waals surface area (Å²) in [6, 6.07) is 9.18. The zero-order valence-corrected chi connectivity index (χ0v) is 15.5. The molecule has 5 nitrogen and oxygen atoms in total. The molecule has 130 valence electrons. The van der Waals surface area contributed by atoms with Crippen LogP contribution in [0.4, 0.5) is 5.69 Å². The van der Waals surface area contributed by atoms with Gasteiger partial charge in [-0.25, -0.2) is 9.67 Å². The summed E-state index contributed by atoms with van der Waals surface area (Å²) in [6.45, 7) is 8.19. The number of nitrogens with zero attached hydrogens (tertiary/aromatic N) is 3. The molecule has 0 fully saturated rings. The van der Waals surface area contributed by atoms with Crippen LogP contribution in [0.3, 0.4) is 0 Å². The Balaban J connectivity index is 2.11. The summed E-state index contributed by atoms with van der Waals surface area (Å²) in [5.41, 5.74) is 2.73. The van der Waals surface area contributed by atoms with Gasteiger partial charge in [0.2, 0.25) is 0 Å². The Morgan fingerprint density at radius 1 is 1.20 bits per heavy atom. The van der Waals surface area contributed by atoms with Gasteiger partial charge in [-0.05, 0) is 38.0 Å². The third-order valence-corrected chi connectivity index (χ3v) is 4.36. The molecular weight excluding hydrogens is 336 g/mol. The van der Waals surface area contributed by atoms with E-state index in [0.29, 0.717) is 16.3 Å². The van der Waals surface area contributed by atoms with E-state index in [0.717, 1.165) is 16.7 Å². The van der Waals surface area contributed by atoms with Crippen LogP contribution in [-0.2, 0) is 0 Å². The number of benzene rings is 1. The molecule has 3 aromatic rings. The second kappa shape index (κ2) is 6.84. The van der Waals surface area contributed by atoms with E-state index >= 15 is 0 Å². The minimum atomic E-state index is -0.217. The van der Waals surface area contributed by atoms with Crippen LogP contribution >= 0.6 is 11.6 Å². The maximum atomic E-state index is 12.9. The summed E-state index contributed by atoms with van der Waals surface area (Å²) < 4.78 is 1.84. The molecule has 0 saturated heterocycles. The van der Waals surface area contributed by atoms with Crippen molar-refractivity contribution in [3.8, 4) is 0 Å². The standard InChI is InChI=1S/C19H21ClN4O/c1-11(2)17-9-13(14-10-21-24(12(3)4)18(14)22-17)19(25)23-16-8-6-5-7-15(16)20/h5-12H,1-4H3,(H,23,25). The zero-order chi connectivity index (χ0) is 18.1. The van der Waals surface area contributed by atoms with Crippen molar-refractivity contribution in [1.82, 2.24) is 14.8 Å². The number of carbonyl (C=O) groups excluding carboxylic acids is 1. The summed E-state index contributed by atoms with van der Waals surface area (Å²) >= 11 is 6.16. The van der Waals surface area contributed by atoms with E-state index in [-0.39, 0.29) is 17.9 Å². The van der Waals surface area contributed by atoms with Crippen molar-refractivity contribution in [2.45, 2.75) is 39.7 Å². The van der Waals surface area contributed by atoms with Crippen molar-refractivity contribution < 1.29 is 4.79 Å². The van der Waals surface area contributed by atoms with Gasteiger partial charge in [0.25, 0.3) is 5.91 Å². The van der Waals surface area contributed by atoms with Gasteiger partial charge in [-0.2, -0.15) is 5.10 Å². The molecule has 1 N–H and O–H groups in total. The van der Waals surface area contributed by atoms with Crippen LogP contribution in [0.15, 0.2) is 36.5 Å². The van der Waals surface area contributed by atoms with Crippen molar-refractivity contribution in [2.75, 3.05) is 5.32 Å². The minimum Gasteiger partial charge on any atom is -0.321 e. The summed E-state index contributed by atoms with van der Waals surface area (Å²) in [5.74, 6) is -0.0162. The highest BCUT2D eigenvalue weighted by Gasteiger charge is 2.19. The maximum absolute atomic E-state index is 12.9. The van der Waals surface area contributed by atoms with E-state index in [9.17, 15) is 4.79 Å². The smallest absolute Gasteiger partial charge is 0.256 e. The van der Waals surface area contributed by atoms with E-state index in [1.165, 1.54) is 0 Å². The fourth-order valence-corrected chi connectivity index (χ4v) is 2.83. The van der Waals surface area contributed by atoms with Crippen LogP contribution in [0, 0.1) is 0 Å². The number of fused-ring (bicyclic) bond motifs is 1. The van der Waals surface area contributed by atoms with Crippen LogP contribution in [0.2, 0.25) is 5.02 Å². The molecule has 3 rings (SSSR count). The molecule has 1 amide bonds. The number of hydrogen-bond donors (Lipinski definition) is 1. The molecule has 0 spiro atoms. The Hall–Kier alpha value is -2.40. The Labute approximate surface area is 152 Å². The van der Waals surface area contributed by atoms with Gasteiger partial charge in [0.15, 0.2) is 5.65 Å². The third kappa shape index (κ3) is 3.37. The van der Waals surface area contributed by atoms with E-state index < -0.39 is 0 Å². The van der Waals surface area contributed by atoms with Crippen LogP contribution in [0.5, 0.6) is 0 Å². The minimum absolute atomic E-state index is 0.159. The summed E-state index contributed by atoms with van der Waals surface area (Å²) in [6.07, 6.45) is 1.70. The zero-order valence-electron chi connectivity index (χ0n) is 14.7. The van der Waals surface area contributed by atoms with Crippen molar-refractivity contribution in [3.05, 3.63) is 52.8 Å². The van der Waals surface area contributed by atoms with Crippen LogP contribution in [0.1, 0.15) is 55.7 Å². The summed E-state index contributed by atoms with van der Waals surface area (Å²) in [5, 5.41) is 8.54. The largest absolute Gasteiger partial charge is 0.321 e. The first-order valence-electron chi connectivity index (χ1n) is 8.32. The number of pyridine rings is 1. The summed E-state index contributed by atoms with van der Waals surface area (Å²) in [7, 11) is 0. The van der Waals surface area contributed by atoms with Gasteiger partial charge in [-0.3, -0.25) is 4.79 Å². The van der Waals surface area contributed by atoms with Crippen molar-refractivity contribution in [1.29, 1.82) is 0 Å². The first-order chi connectivity index (χ1) is 11.9. The molecular formula is C19H21ClN4O. The molecule has 25 heavy (non-hydrogen) atoms. The van der Waals surface area contributed by atoms with E-state index in [1.54, 1.807) is 18.3 Å². The third-order valence-electron chi connectivity index (χ3n) is 4.03. The van der Waals surface area contributed by atoms with E-state index in [4.69, 9.17) is 16.6 Å². The Morgan fingerprint density at radius 2 is 1.92 bits per heavy atom. The molecule has 2 aromatic heterocycles. The molecule has 0 aliphatic rings. The number of amides is 1. The molecule has 6 heteroatoms. The molecule has 0 radical (unpaired) electrons. The number of nitrogens with one attached hydrogen (secondary N) is 1. The lowest BCUT2D eigenvalue weighted by Crippen LogP contribution is -2.14. The normalized spacial score (nSPS) is 11.5. The number of rotatable bonds is 4. The molecule has 2 heterocycles. The van der Waals surface area contributed by atoms with Gasteiger partial charge >= 0.3 is 0 Å². The second-order valence-electron chi connectivity index (χ2n) is 6.60. The van der Waals surface area contributed by atoms with Crippen LogP contribution < -0.4 is 5.32 Å². The van der Waals surface area contributed by atoms with Crippen LogP contribution in [-0.4, -0.2) is 20.7 Å². The second-order valence-corrected chi connectivity index (χ2v) is 7.01. The van der Waals surface area contributed by atoms with Gasteiger partial charge < -0.3 is 5.32 Å². The predicted octanol–water partition coefficient (Wildman–Crippen LogP) is 5.04. The monoisotopic (exact) mass is 356 g/mol. The van der Waals surface area contributed by atoms with Gasteiger partial charge in [0.1, 0.15) is 0 Å². The van der Waals surface area contributed by atoms with E-state index in [1.807, 2.05) is 36.7 Å². The fraction of sp³-hybridized carbons (Fsp3) is 0.316. The molecule has 1 aromatic carbocycles. The quantitative estimate of drug-likeness (QED) is 0.712. The Kier molecular flexibility index (Phi) is 4.77. The van der Waals surface area contributed by atoms with Crippen LogP contribution in [0.25, 0.3) is 11.0 Å². The van der Waals surface area contributed by atoms with E-state index in [2.05, 4.69) is 24.3 Å². The predicted molar refractivity (Wildman–Crippen MR) is 101 cm³/mol. The fourth-order valence-electron chi connectivity index (χ4n) is 2.65. The Morgan fingerprint density at radius 3 is 2.56 bits per heavy atom. The molecule has 0 aliphatic heterocycles. The van der Waals surface area contributed by atoms with Gasteiger partial charge in [0.05, 0.1) is 27.9 Å². The summed E-state index contributed by atoms with van der Waals surface area (Å²) in [4.78, 5) is 17.6. The van der Waals surface area contributed by atoms with Gasteiger partial charge in [0, 0.05) is 11.7 Å². The Bertz CT molecular complexity index is 930. The van der Waals surface area contributed by atoms with Crippen molar-refractivity contribution >= 4 is 34.2 Å². The lowest BCUT2D eigenvalue weighted by atomic mass is 10.0. The SMILES string of the molecule is CC(C)c1cc(C(=O)Nc2ccccc2Cl)c2cnn(C(C)C)c2n1. The van der Waals surface area contributed by atoms with Gasteiger partial charge in [-0.1, -0.05) is 37.6 Å². The first kappa shape index (κ1) is 17.4. The topological polar surface area (TPSA) is 59.8 Å². The molecule has 0 saturated carbocycles. The highest BCUT2D eigenvalue weighted by Crippen LogP contribution is 2.26. The molecule has 0 atom stereocenters. The average molecular weight is 357 g/mol. The molecule has 0 bridgehead atoms. The highest BCUT2D eigenvalue weighted by molar-refractivity contribution is 6.34. The van der Waals surface area contributed by atoms with Gasteiger partial charge in [-0.15, -0.1) is 0 Å². The number of aromatic nitrogens is 3. The van der Waals surface area contributed by atoms with Crippen molar-refractivity contribution in [3.63, 3.8) is 0 Å². The molecule has 0 unspecified atom stereocenters. The number of halogens is 1. The first-order valence-corrected chi connectivity index (χ1v) is 8.70. The molecule has 0 aliphatic carbocycles. The van der Waals surface area contributed by atoms with Crippen molar-refractivity contribution in [2.24, 2.45) is 0 Å². The number of carbonyl (C=O) groups is 1. The number of hydrogen-bond acceptors (Lipinski definition) is 3. The average Bonchev–Trinajstić information content (AvgIpc) is 3.00. The maximum Gasteiger partial charge on any atom is 0.256 e. The number of anilines is 1. The lowest BCUT2D eigenvalue weighted by molar-refractivity contribution is 0.102. The highest BCUT2D eigenvalue weighted by atomic mass is 35.5. The number of para-hydroxylation sites is 1.